The maximum Gasteiger partial charge on any atom is 0.306 e. The number of nitrogens with zero attached hydrogens (tertiary/aromatic N) is 1. The minimum absolute atomic E-state index is 0.139. The van der Waals surface area contributed by atoms with Gasteiger partial charge in [-0.25, -0.2) is 0 Å². The minimum atomic E-state index is -1.63. The second-order valence-corrected chi connectivity index (χ2v) is 22.7. The Hall–Kier alpha value is -4.83. The summed E-state index contributed by atoms with van der Waals surface area (Å²) < 4.78 is 22.7. The topological polar surface area (TPSA) is 111 Å². The van der Waals surface area contributed by atoms with E-state index in [0.29, 0.717) is 17.4 Å². The second kappa shape index (κ2) is 63.2. The van der Waals surface area contributed by atoms with E-state index in [1.165, 1.54) is 83.5 Å². The van der Waals surface area contributed by atoms with Crippen LogP contribution in [0.4, 0.5) is 0 Å². The molecule has 0 radical (unpaired) electrons. The quantitative estimate of drug-likeness (QED) is 0.0195. The highest BCUT2D eigenvalue weighted by atomic mass is 16.7. The largest absolute Gasteiger partial charge is 0.545 e. The summed E-state index contributed by atoms with van der Waals surface area (Å²) in [5.41, 5.74) is 0. The standard InChI is InChI=1S/C74H121NO8/c1-6-8-10-12-14-16-18-20-22-24-25-26-27-28-29-30-31-32-33-34-35-36-37-38-39-40-41-42-43-44-45-46-47-49-51-53-55-57-59-61-63-65-72(77)83-70(69-82-74(73(78)79)80-67-66-75(3,4)5)68-81-71(76)64-62-60-58-56-54-52-50-48-23-21-19-17-15-13-11-9-7-2/h8,10,14-17,20-23,25-26,28-29,31-32,34-35,37-38,40-41,43-44,70,74H,6-7,9,11-13,18-19,24,27,30,33,36,39,42,45-69H2,1-5H3/b10-8-,16-14-,17-15-,22-20-,23-21-,26-25-,29-28-,32-31-,35-34-,38-37-,41-40-,44-43-. The lowest BCUT2D eigenvalue weighted by molar-refractivity contribution is -0.870. The molecule has 9 nitrogen and oxygen atoms in total. The van der Waals surface area contributed by atoms with Crippen LogP contribution in [0.25, 0.3) is 0 Å². The first-order valence-corrected chi connectivity index (χ1v) is 33.0. The Morgan fingerprint density at radius 3 is 1.02 bits per heavy atom. The third kappa shape index (κ3) is 64.6. The monoisotopic (exact) mass is 1150 g/mol. The third-order valence-corrected chi connectivity index (χ3v) is 13.6. The molecule has 83 heavy (non-hydrogen) atoms. The number of unbranched alkanes of at least 4 members (excludes halogenated alkanes) is 20. The Morgan fingerprint density at radius 1 is 0.373 bits per heavy atom. The molecule has 0 amide bonds. The van der Waals surface area contributed by atoms with Crippen molar-refractivity contribution in [3.8, 4) is 0 Å². The number of rotatable bonds is 59. The summed E-state index contributed by atoms with van der Waals surface area (Å²) >= 11 is 0. The van der Waals surface area contributed by atoms with Crippen LogP contribution in [-0.4, -0.2) is 82.3 Å². The van der Waals surface area contributed by atoms with Crippen molar-refractivity contribution in [1.29, 1.82) is 0 Å². The summed E-state index contributed by atoms with van der Waals surface area (Å²) in [7, 11) is 5.91. The average Bonchev–Trinajstić information content (AvgIpc) is 3.46. The molecule has 0 aromatic rings. The molecule has 2 atom stereocenters. The van der Waals surface area contributed by atoms with Crippen molar-refractivity contribution < 1.29 is 42.9 Å². The lowest BCUT2D eigenvalue weighted by Crippen LogP contribution is -2.44. The van der Waals surface area contributed by atoms with Crippen LogP contribution >= 0.6 is 0 Å². The van der Waals surface area contributed by atoms with Gasteiger partial charge in [0.25, 0.3) is 0 Å². The van der Waals surface area contributed by atoms with Crippen molar-refractivity contribution >= 4 is 17.9 Å². The molecule has 0 aromatic carbocycles. The molecule has 0 heterocycles. The Bertz CT molecular complexity index is 1870. The Morgan fingerprint density at radius 2 is 0.687 bits per heavy atom. The van der Waals surface area contributed by atoms with Gasteiger partial charge in [0.2, 0.25) is 0 Å². The summed E-state index contributed by atoms with van der Waals surface area (Å²) in [6.07, 6.45) is 89.1. The third-order valence-electron chi connectivity index (χ3n) is 13.6. The van der Waals surface area contributed by atoms with Gasteiger partial charge in [0, 0.05) is 12.8 Å². The molecule has 9 heteroatoms. The number of hydrogen-bond donors (Lipinski definition) is 0. The molecule has 0 aliphatic carbocycles. The van der Waals surface area contributed by atoms with Crippen molar-refractivity contribution in [1.82, 2.24) is 0 Å². The molecule has 0 bridgehead atoms. The van der Waals surface area contributed by atoms with Crippen molar-refractivity contribution in [2.75, 3.05) is 47.5 Å². The number of carboxylic acid groups (broad SMARTS) is 1. The van der Waals surface area contributed by atoms with Gasteiger partial charge < -0.3 is 33.3 Å². The maximum absolute atomic E-state index is 12.9. The Kier molecular flexibility index (Phi) is 59.5. The molecule has 0 spiro atoms. The first-order valence-electron chi connectivity index (χ1n) is 33.0. The van der Waals surface area contributed by atoms with E-state index in [0.717, 1.165) is 128 Å². The van der Waals surface area contributed by atoms with Crippen LogP contribution in [0.3, 0.4) is 0 Å². The molecule has 0 N–H and O–H groups in total. The molecule has 0 aliphatic rings. The average molecular weight is 1150 g/mol. The van der Waals surface area contributed by atoms with E-state index >= 15 is 0 Å². The predicted molar refractivity (Wildman–Crippen MR) is 352 cm³/mol. The lowest BCUT2D eigenvalue weighted by Gasteiger charge is -2.26. The van der Waals surface area contributed by atoms with E-state index < -0.39 is 24.3 Å². The smallest absolute Gasteiger partial charge is 0.306 e. The fraction of sp³-hybridized carbons (Fsp3) is 0.635. The van der Waals surface area contributed by atoms with Crippen LogP contribution in [0.5, 0.6) is 0 Å². The van der Waals surface area contributed by atoms with Gasteiger partial charge in [-0.3, -0.25) is 9.59 Å². The van der Waals surface area contributed by atoms with E-state index in [4.69, 9.17) is 18.9 Å². The molecule has 0 rings (SSSR count). The van der Waals surface area contributed by atoms with E-state index in [2.05, 4.69) is 160 Å². The number of carbonyl (C=O) groups excluding carboxylic acids is 3. The van der Waals surface area contributed by atoms with Crippen molar-refractivity contribution in [2.45, 2.75) is 257 Å². The van der Waals surface area contributed by atoms with Gasteiger partial charge in [0.05, 0.1) is 40.3 Å². The molecule has 0 saturated carbocycles. The Labute approximate surface area is 509 Å². The van der Waals surface area contributed by atoms with Crippen LogP contribution in [0, 0.1) is 0 Å². The zero-order chi connectivity index (χ0) is 60.5. The van der Waals surface area contributed by atoms with Gasteiger partial charge >= 0.3 is 11.9 Å². The van der Waals surface area contributed by atoms with E-state index in [9.17, 15) is 19.5 Å². The number of likely N-dealkylation sites (N-methyl/N-ethyl adjacent to an activating group) is 1. The number of aliphatic carboxylic acids is 1. The molecule has 0 fully saturated rings. The van der Waals surface area contributed by atoms with Crippen LogP contribution < -0.4 is 5.11 Å². The normalized spacial score (nSPS) is 13.7. The zero-order valence-corrected chi connectivity index (χ0v) is 53.5. The molecule has 0 saturated heterocycles. The summed E-state index contributed by atoms with van der Waals surface area (Å²) in [6, 6.07) is 0. The van der Waals surface area contributed by atoms with Crippen molar-refractivity contribution in [2.24, 2.45) is 0 Å². The molecule has 2 unspecified atom stereocenters. The van der Waals surface area contributed by atoms with Crippen LogP contribution in [-0.2, 0) is 33.3 Å². The SMILES string of the molecule is CC/C=C\C/C=C\C/C=C\C/C=C\C/C=C\C/C=C\C/C=C\C/C=C\C/C=C\C/C=C\CCCCCCCCCCCCC(=O)OC(COC(=O)CCCCCCCCC/C=C\C/C=C\CCCCC)COC(OCC[N+](C)(C)C)C(=O)[O-]. The maximum atomic E-state index is 12.9. The fourth-order valence-corrected chi connectivity index (χ4v) is 8.54. The molecular formula is C74H121NO8. The van der Waals surface area contributed by atoms with Crippen molar-refractivity contribution in [3.05, 3.63) is 146 Å². The van der Waals surface area contributed by atoms with E-state index in [1.807, 2.05) is 21.1 Å². The first-order chi connectivity index (χ1) is 40.6. The number of carbonyl (C=O) groups is 3. The number of esters is 2. The highest BCUT2D eigenvalue weighted by Gasteiger charge is 2.22. The van der Waals surface area contributed by atoms with Gasteiger partial charge in [-0.2, -0.15) is 0 Å². The zero-order valence-electron chi connectivity index (χ0n) is 53.5. The summed E-state index contributed by atoms with van der Waals surface area (Å²) in [6.45, 7) is 4.58. The highest BCUT2D eigenvalue weighted by molar-refractivity contribution is 5.70. The first kappa shape index (κ1) is 78.2. The van der Waals surface area contributed by atoms with Gasteiger partial charge in [-0.05, 0) is 122 Å². The minimum Gasteiger partial charge on any atom is -0.545 e. The van der Waals surface area contributed by atoms with Gasteiger partial charge in [0.15, 0.2) is 12.4 Å². The lowest BCUT2D eigenvalue weighted by atomic mass is 10.0. The summed E-state index contributed by atoms with van der Waals surface area (Å²) in [5, 5.41) is 11.8. The summed E-state index contributed by atoms with van der Waals surface area (Å²) in [4.78, 5) is 37.4. The van der Waals surface area contributed by atoms with Gasteiger partial charge in [-0.15, -0.1) is 0 Å². The van der Waals surface area contributed by atoms with Crippen LogP contribution in [0.15, 0.2) is 146 Å². The fourth-order valence-electron chi connectivity index (χ4n) is 8.54. The number of quaternary nitrogens is 1. The van der Waals surface area contributed by atoms with E-state index in [-0.39, 0.29) is 38.6 Å². The molecule has 0 aromatic heterocycles. The number of ether oxygens (including phenoxy) is 4. The Balaban J connectivity index is 4.15. The molecular weight excluding hydrogens is 1030 g/mol. The second-order valence-electron chi connectivity index (χ2n) is 22.7. The number of hydrogen-bond acceptors (Lipinski definition) is 8. The van der Waals surface area contributed by atoms with Gasteiger partial charge in [-0.1, -0.05) is 256 Å². The number of allylic oxidation sites excluding steroid dienone is 24. The highest BCUT2D eigenvalue weighted by Crippen LogP contribution is 2.15. The molecule has 0 aliphatic heterocycles. The van der Waals surface area contributed by atoms with Crippen molar-refractivity contribution in [3.63, 3.8) is 0 Å². The van der Waals surface area contributed by atoms with E-state index in [1.54, 1.807) is 0 Å². The predicted octanol–water partition coefficient (Wildman–Crippen LogP) is 19.0. The summed E-state index contributed by atoms with van der Waals surface area (Å²) in [5.74, 6) is -2.31. The van der Waals surface area contributed by atoms with Crippen LogP contribution in [0.2, 0.25) is 0 Å². The van der Waals surface area contributed by atoms with Gasteiger partial charge in [0.1, 0.15) is 13.2 Å². The molecule has 470 valence electrons. The van der Waals surface area contributed by atoms with Crippen LogP contribution in [0.1, 0.15) is 245 Å². The number of carboxylic acids is 1.